The summed E-state index contributed by atoms with van der Waals surface area (Å²) in [5, 5.41) is 11.9. The van der Waals surface area contributed by atoms with E-state index in [0.29, 0.717) is 23.6 Å². The lowest BCUT2D eigenvalue weighted by molar-refractivity contribution is 0.0967. The minimum atomic E-state index is -0.611. The van der Waals surface area contributed by atoms with Gasteiger partial charge in [-0.25, -0.2) is 14.2 Å². The number of carbonyl (C=O) groups is 1. The Bertz CT molecular complexity index is 1030. The van der Waals surface area contributed by atoms with E-state index >= 15 is 0 Å². The van der Waals surface area contributed by atoms with Gasteiger partial charge in [-0.2, -0.15) is 10.2 Å². The standard InChI is InChI=1S/C23H27FN6O2/c1-14-6-9-17(27-23(31)32-18-4-2-3-5-18)13-30(14)21-11-20(28-22(26)29-21)15-7-8-16(12-25)19(24)10-15/h7-8,10-11,14,17-18H,2-6,9,13H2,1H3,(H,27,31)(H2,26,28,29)/t14-,17+/m1/s1. The van der Waals surface area contributed by atoms with Crippen LogP contribution in [0.15, 0.2) is 24.3 Å². The van der Waals surface area contributed by atoms with Crippen molar-refractivity contribution < 1.29 is 13.9 Å². The molecule has 1 saturated heterocycles. The Balaban J connectivity index is 1.50. The minimum absolute atomic E-state index is 0.0191. The Kier molecular flexibility index (Phi) is 6.40. The number of aromatic nitrogens is 2. The Hall–Kier alpha value is -3.41. The molecule has 0 spiro atoms. The van der Waals surface area contributed by atoms with E-state index in [1.807, 2.05) is 6.07 Å². The predicted octanol–water partition coefficient (Wildman–Crippen LogP) is 3.76. The molecule has 2 fully saturated rings. The highest BCUT2D eigenvalue weighted by molar-refractivity contribution is 5.68. The van der Waals surface area contributed by atoms with Gasteiger partial charge in [-0.3, -0.25) is 0 Å². The summed E-state index contributed by atoms with van der Waals surface area (Å²) in [5.41, 5.74) is 6.92. The number of ether oxygens (including phenoxy) is 1. The number of hydrogen-bond donors (Lipinski definition) is 2. The van der Waals surface area contributed by atoms with Crippen LogP contribution in [0.2, 0.25) is 0 Å². The van der Waals surface area contributed by atoms with Crippen LogP contribution in [-0.2, 0) is 4.74 Å². The molecule has 1 aromatic carbocycles. The van der Waals surface area contributed by atoms with Crippen LogP contribution in [0.1, 0.15) is 51.0 Å². The summed E-state index contributed by atoms with van der Waals surface area (Å²) in [7, 11) is 0. The van der Waals surface area contributed by atoms with Crippen molar-refractivity contribution in [1.29, 1.82) is 5.26 Å². The molecule has 1 amide bonds. The number of halogens is 1. The molecule has 0 radical (unpaired) electrons. The molecule has 32 heavy (non-hydrogen) atoms. The van der Waals surface area contributed by atoms with Gasteiger partial charge in [-0.05, 0) is 57.6 Å². The van der Waals surface area contributed by atoms with E-state index in [4.69, 9.17) is 15.7 Å². The van der Waals surface area contributed by atoms with Gasteiger partial charge in [-0.15, -0.1) is 0 Å². The number of rotatable bonds is 4. The number of alkyl carbamates (subject to hydrolysis) is 1. The highest BCUT2D eigenvalue weighted by Gasteiger charge is 2.29. The lowest BCUT2D eigenvalue weighted by Gasteiger charge is -2.39. The smallest absolute Gasteiger partial charge is 0.407 e. The quantitative estimate of drug-likeness (QED) is 0.746. The van der Waals surface area contributed by atoms with Gasteiger partial charge in [0.2, 0.25) is 5.95 Å². The predicted molar refractivity (Wildman–Crippen MR) is 118 cm³/mol. The van der Waals surface area contributed by atoms with Gasteiger partial charge < -0.3 is 20.7 Å². The van der Waals surface area contributed by atoms with Crippen molar-refractivity contribution >= 4 is 17.9 Å². The number of piperidine rings is 1. The van der Waals surface area contributed by atoms with Gasteiger partial charge in [0, 0.05) is 30.3 Å². The van der Waals surface area contributed by atoms with Gasteiger partial charge in [0.05, 0.1) is 11.3 Å². The summed E-state index contributed by atoms with van der Waals surface area (Å²) < 4.78 is 19.6. The van der Waals surface area contributed by atoms with Crippen molar-refractivity contribution in [1.82, 2.24) is 15.3 Å². The van der Waals surface area contributed by atoms with Gasteiger partial charge in [0.15, 0.2) is 0 Å². The fourth-order valence-corrected chi connectivity index (χ4v) is 4.42. The Labute approximate surface area is 186 Å². The molecule has 2 atom stereocenters. The first kappa shape index (κ1) is 21.8. The second kappa shape index (κ2) is 9.39. The number of anilines is 2. The molecule has 2 aromatic rings. The van der Waals surface area contributed by atoms with E-state index in [-0.39, 0.29) is 35.8 Å². The van der Waals surface area contributed by atoms with Crippen LogP contribution in [0, 0.1) is 17.1 Å². The number of hydrogen-bond acceptors (Lipinski definition) is 7. The van der Waals surface area contributed by atoms with Crippen LogP contribution >= 0.6 is 0 Å². The van der Waals surface area contributed by atoms with Crippen LogP contribution in [0.3, 0.4) is 0 Å². The SMILES string of the molecule is C[C@@H]1CC[C@H](NC(=O)OC2CCCC2)CN1c1cc(-c2ccc(C#N)c(F)c2)nc(N)n1. The maximum Gasteiger partial charge on any atom is 0.407 e. The molecule has 3 N–H and O–H groups in total. The molecule has 1 saturated carbocycles. The van der Waals surface area contributed by atoms with Gasteiger partial charge >= 0.3 is 6.09 Å². The lowest BCUT2D eigenvalue weighted by atomic mass is 9.99. The van der Waals surface area contributed by atoms with Crippen molar-refractivity contribution in [2.75, 3.05) is 17.2 Å². The molecule has 2 aliphatic rings. The maximum atomic E-state index is 14.1. The van der Waals surface area contributed by atoms with Crippen LogP contribution in [0.4, 0.5) is 21.0 Å². The van der Waals surface area contributed by atoms with E-state index in [0.717, 1.165) is 38.5 Å². The maximum absolute atomic E-state index is 14.1. The molecule has 1 aliphatic carbocycles. The summed E-state index contributed by atoms with van der Waals surface area (Å²) in [6.45, 7) is 2.64. The second-order valence-electron chi connectivity index (χ2n) is 8.51. The number of benzene rings is 1. The monoisotopic (exact) mass is 438 g/mol. The summed E-state index contributed by atoms with van der Waals surface area (Å²) in [6, 6.07) is 8.00. The third kappa shape index (κ3) is 4.90. The molecule has 9 heteroatoms. The van der Waals surface area contributed by atoms with Crippen molar-refractivity contribution in [2.45, 2.75) is 63.6 Å². The van der Waals surface area contributed by atoms with Crippen LogP contribution in [0.25, 0.3) is 11.3 Å². The van der Waals surface area contributed by atoms with Crippen molar-refractivity contribution in [3.05, 3.63) is 35.6 Å². The number of nitriles is 1. The van der Waals surface area contributed by atoms with Crippen LogP contribution in [-0.4, -0.2) is 40.8 Å². The number of nitrogens with zero attached hydrogens (tertiary/aromatic N) is 4. The summed E-state index contributed by atoms with van der Waals surface area (Å²) in [5.74, 6) is 0.0748. The van der Waals surface area contributed by atoms with Gasteiger partial charge in [0.1, 0.15) is 23.8 Å². The summed E-state index contributed by atoms with van der Waals surface area (Å²) in [4.78, 5) is 23.0. The molecular formula is C23H27FN6O2. The minimum Gasteiger partial charge on any atom is -0.446 e. The van der Waals surface area contributed by atoms with Crippen LogP contribution < -0.4 is 16.0 Å². The molecule has 168 valence electrons. The third-order valence-electron chi connectivity index (χ3n) is 6.19. The zero-order chi connectivity index (χ0) is 22.7. The fourth-order valence-electron chi connectivity index (χ4n) is 4.42. The number of nitrogen functional groups attached to an aromatic ring is 1. The second-order valence-corrected chi connectivity index (χ2v) is 8.51. The van der Waals surface area contributed by atoms with Gasteiger partial charge in [0.25, 0.3) is 0 Å². The number of nitrogens with two attached hydrogens (primary N) is 1. The Morgan fingerprint density at radius 1 is 1.25 bits per heavy atom. The van der Waals surface area contributed by atoms with E-state index in [1.54, 1.807) is 12.1 Å². The average Bonchev–Trinajstić information content (AvgIpc) is 3.27. The molecule has 1 aromatic heterocycles. The molecule has 1 aliphatic heterocycles. The van der Waals surface area contributed by atoms with Crippen molar-refractivity contribution in [2.24, 2.45) is 0 Å². The Morgan fingerprint density at radius 2 is 2.03 bits per heavy atom. The largest absolute Gasteiger partial charge is 0.446 e. The topological polar surface area (TPSA) is 117 Å². The van der Waals surface area contributed by atoms with Crippen LogP contribution in [0.5, 0.6) is 0 Å². The highest BCUT2D eigenvalue weighted by atomic mass is 19.1. The Morgan fingerprint density at radius 3 is 2.75 bits per heavy atom. The molecule has 0 bridgehead atoms. The van der Waals surface area contributed by atoms with E-state index in [2.05, 4.69) is 27.1 Å². The first-order chi connectivity index (χ1) is 15.4. The molecule has 2 heterocycles. The van der Waals surface area contributed by atoms with Gasteiger partial charge in [-0.1, -0.05) is 6.07 Å². The number of amides is 1. The van der Waals surface area contributed by atoms with E-state index in [1.165, 1.54) is 12.1 Å². The zero-order valence-corrected chi connectivity index (χ0v) is 18.1. The first-order valence-electron chi connectivity index (χ1n) is 11.0. The number of nitrogens with one attached hydrogen (secondary N) is 1. The highest BCUT2D eigenvalue weighted by Crippen LogP contribution is 2.29. The molecule has 8 nitrogen and oxygen atoms in total. The van der Waals surface area contributed by atoms with Crippen molar-refractivity contribution in [3.63, 3.8) is 0 Å². The normalized spacial score (nSPS) is 21.2. The summed E-state index contributed by atoms with van der Waals surface area (Å²) >= 11 is 0. The molecular weight excluding hydrogens is 411 g/mol. The first-order valence-corrected chi connectivity index (χ1v) is 11.0. The average molecular weight is 439 g/mol. The van der Waals surface area contributed by atoms with Crippen molar-refractivity contribution in [3.8, 4) is 17.3 Å². The molecule has 0 unspecified atom stereocenters. The fraction of sp³-hybridized carbons (Fsp3) is 0.478. The van der Waals surface area contributed by atoms with E-state index < -0.39 is 5.82 Å². The summed E-state index contributed by atoms with van der Waals surface area (Å²) in [6.07, 6.45) is 5.42. The zero-order valence-electron chi connectivity index (χ0n) is 18.1. The molecule has 4 rings (SSSR count). The lowest BCUT2D eigenvalue weighted by Crippen LogP contribution is -2.51. The number of carbonyl (C=O) groups excluding carboxylic acids is 1. The van der Waals surface area contributed by atoms with E-state index in [9.17, 15) is 9.18 Å². The third-order valence-corrected chi connectivity index (χ3v) is 6.19.